The summed E-state index contributed by atoms with van der Waals surface area (Å²) in [6.07, 6.45) is 1.62. The monoisotopic (exact) mass is 483 g/mol. The van der Waals surface area contributed by atoms with Gasteiger partial charge in [0.15, 0.2) is 5.96 Å². The van der Waals surface area contributed by atoms with Gasteiger partial charge in [0.1, 0.15) is 24.2 Å². The number of primary amides is 1. The highest BCUT2D eigenvalue weighted by Crippen LogP contribution is 2.20. The van der Waals surface area contributed by atoms with Gasteiger partial charge in [-0.3, -0.25) is 29.0 Å². The van der Waals surface area contributed by atoms with Crippen LogP contribution in [0.4, 0.5) is 0 Å². The molecule has 1 fully saturated rings. The van der Waals surface area contributed by atoms with Gasteiger partial charge in [-0.25, -0.2) is 0 Å². The number of hydrogen-bond acceptors (Lipinski definition) is 7. The summed E-state index contributed by atoms with van der Waals surface area (Å²) in [5, 5.41) is 7.59. The number of likely N-dealkylation sites (tertiary alicyclic amines) is 1. The van der Waals surface area contributed by atoms with Crippen molar-refractivity contribution in [3.63, 3.8) is 0 Å². The zero-order valence-electron chi connectivity index (χ0n) is 19.9. The molecule has 5 amide bonds. The second-order valence-electron chi connectivity index (χ2n) is 8.35. The average molecular weight is 484 g/mol. The van der Waals surface area contributed by atoms with Crippen molar-refractivity contribution in [2.75, 3.05) is 13.1 Å². The molecule has 11 N–H and O–H groups in total. The van der Waals surface area contributed by atoms with E-state index in [9.17, 15) is 24.0 Å². The number of amides is 5. The Balaban J connectivity index is 2.87. The third-order valence-electron chi connectivity index (χ3n) is 5.35. The van der Waals surface area contributed by atoms with Crippen LogP contribution in [0.1, 0.15) is 46.5 Å². The van der Waals surface area contributed by atoms with Crippen molar-refractivity contribution in [2.24, 2.45) is 27.9 Å². The summed E-state index contributed by atoms with van der Waals surface area (Å²) in [5.74, 6) is -2.83. The maximum atomic E-state index is 13.3. The van der Waals surface area contributed by atoms with Gasteiger partial charge in [-0.1, -0.05) is 0 Å². The molecule has 0 aromatic carbocycles. The predicted octanol–water partition coefficient (Wildman–Crippen LogP) is -3.64. The van der Waals surface area contributed by atoms with E-state index in [1.807, 2.05) is 0 Å². The number of hydrogen-bond donors (Lipinski definition) is 7. The minimum atomic E-state index is -0.958. The van der Waals surface area contributed by atoms with E-state index in [0.717, 1.165) is 0 Å². The van der Waals surface area contributed by atoms with Gasteiger partial charge in [-0.15, -0.1) is 0 Å². The Morgan fingerprint density at radius 2 is 1.62 bits per heavy atom. The van der Waals surface area contributed by atoms with Crippen molar-refractivity contribution in [2.45, 2.75) is 76.7 Å². The van der Waals surface area contributed by atoms with Crippen molar-refractivity contribution in [3.8, 4) is 0 Å². The topological polar surface area (TPSA) is 241 Å². The fourth-order valence-electron chi connectivity index (χ4n) is 3.35. The molecular weight excluding hydrogens is 446 g/mol. The number of carbonyl (C=O) groups excluding carboxylic acids is 5. The largest absolute Gasteiger partial charge is 0.370 e. The van der Waals surface area contributed by atoms with Gasteiger partial charge in [-0.05, 0) is 46.5 Å². The van der Waals surface area contributed by atoms with Crippen LogP contribution >= 0.6 is 0 Å². The number of guanidine groups is 1. The maximum Gasteiger partial charge on any atom is 0.245 e. The zero-order valence-corrected chi connectivity index (χ0v) is 19.9. The number of aliphatic imine (C=N–C) groups is 1. The number of nitrogens with zero attached hydrogens (tertiary/aromatic N) is 2. The molecule has 5 atom stereocenters. The lowest BCUT2D eigenvalue weighted by atomic mass is 10.1. The summed E-state index contributed by atoms with van der Waals surface area (Å²) >= 11 is 0. The Bertz CT molecular complexity index is 797. The first-order chi connectivity index (χ1) is 15.8. The van der Waals surface area contributed by atoms with E-state index in [-0.39, 0.29) is 18.9 Å². The molecule has 0 radical (unpaired) electrons. The van der Waals surface area contributed by atoms with Gasteiger partial charge < -0.3 is 43.8 Å². The van der Waals surface area contributed by atoms with Gasteiger partial charge >= 0.3 is 0 Å². The van der Waals surface area contributed by atoms with Crippen LogP contribution in [0.2, 0.25) is 0 Å². The quantitative estimate of drug-likeness (QED) is 0.0827. The Hall–Kier alpha value is -3.42. The first-order valence-electron chi connectivity index (χ1n) is 11.2. The number of rotatable bonds is 12. The van der Waals surface area contributed by atoms with E-state index in [0.29, 0.717) is 25.8 Å². The lowest BCUT2D eigenvalue weighted by Gasteiger charge is -2.29. The smallest absolute Gasteiger partial charge is 0.245 e. The normalized spacial score (nSPS) is 18.7. The van der Waals surface area contributed by atoms with Crippen LogP contribution in [-0.4, -0.2) is 83.7 Å². The predicted molar refractivity (Wildman–Crippen MR) is 125 cm³/mol. The highest BCUT2D eigenvalue weighted by atomic mass is 16.2. The molecular formula is C20H37N9O5. The Morgan fingerprint density at radius 3 is 2.18 bits per heavy atom. The van der Waals surface area contributed by atoms with Crippen LogP contribution < -0.4 is 38.9 Å². The summed E-state index contributed by atoms with van der Waals surface area (Å²) in [6, 6.07) is -4.42. The van der Waals surface area contributed by atoms with Gasteiger partial charge in [0.2, 0.25) is 29.5 Å². The molecule has 14 nitrogen and oxygen atoms in total. The van der Waals surface area contributed by atoms with E-state index in [2.05, 4.69) is 20.9 Å². The zero-order chi connectivity index (χ0) is 26.0. The molecule has 1 rings (SSSR count). The highest BCUT2D eigenvalue weighted by Gasteiger charge is 2.38. The van der Waals surface area contributed by atoms with Gasteiger partial charge in [-0.2, -0.15) is 0 Å². The van der Waals surface area contributed by atoms with Crippen molar-refractivity contribution < 1.29 is 24.0 Å². The SMILES string of the molecule is C[C@H](N)C(=O)N[C@@H](CCCN=C(N)N)C(=O)N1CCC[C@H]1C(=O)N[C@@H](C)C(=O)N[C@@H](C)C(N)=O. The summed E-state index contributed by atoms with van der Waals surface area (Å²) in [4.78, 5) is 66.9. The first-order valence-corrected chi connectivity index (χ1v) is 11.2. The second kappa shape index (κ2) is 13.3. The standard InChI is InChI=1S/C20H37N9O5/c1-10(21)16(31)28-13(6-4-8-25-20(23)24)19(34)29-9-5-7-14(29)18(33)27-12(3)17(32)26-11(2)15(22)30/h10-14H,4-9,21H2,1-3H3,(H2,22,30)(H,26,32)(H,27,33)(H,28,31)(H4,23,24,25)/t10-,11-,12-,13-,14-/m0/s1. The fraction of sp³-hybridized carbons (Fsp3) is 0.700. The van der Waals surface area contributed by atoms with Crippen molar-refractivity contribution in [1.82, 2.24) is 20.9 Å². The summed E-state index contributed by atoms with van der Waals surface area (Å²) in [7, 11) is 0. The Morgan fingerprint density at radius 1 is 0.971 bits per heavy atom. The van der Waals surface area contributed by atoms with Crippen LogP contribution in [0, 0.1) is 0 Å². The molecule has 1 aliphatic heterocycles. The lowest BCUT2D eigenvalue weighted by molar-refractivity contribution is -0.142. The summed E-state index contributed by atoms with van der Waals surface area (Å²) < 4.78 is 0. The lowest BCUT2D eigenvalue weighted by Crippen LogP contribution is -2.57. The number of carbonyl (C=O) groups is 5. The van der Waals surface area contributed by atoms with Crippen molar-refractivity contribution in [1.29, 1.82) is 0 Å². The molecule has 0 unspecified atom stereocenters. The van der Waals surface area contributed by atoms with Crippen LogP contribution in [-0.2, 0) is 24.0 Å². The average Bonchev–Trinajstić information content (AvgIpc) is 3.24. The molecule has 0 aliphatic carbocycles. The molecule has 0 saturated carbocycles. The molecule has 1 heterocycles. The van der Waals surface area contributed by atoms with Crippen LogP contribution in [0.3, 0.4) is 0 Å². The van der Waals surface area contributed by atoms with E-state index in [4.69, 9.17) is 22.9 Å². The van der Waals surface area contributed by atoms with Gasteiger partial charge in [0.25, 0.3) is 0 Å². The Labute approximate surface area is 198 Å². The minimum absolute atomic E-state index is 0.0813. The molecule has 0 aromatic rings. The molecule has 14 heteroatoms. The highest BCUT2D eigenvalue weighted by molar-refractivity contribution is 5.95. The third kappa shape index (κ3) is 8.84. The van der Waals surface area contributed by atoms with E-state index in [1.54, 1.807) is 0 Å². The van der Waals surface area contributed by atoms with E-state index in [1.165, 1.54) is 25.7 Å². The van der Waals surface area contributed by atoms with Crippen molar-refractivity contribution >= 4 is 35.5 Å². The first kappa shape index (κ1) is 28.6. The molecule has 0 spiro atoms. The Kier molecular flexibility index (Phi) is 11.2. The molecule has 1 saturated heterocycles. The summed E-state index contributed by atoms with van der Waals surface area (Å²) in [5.41, 5.74) is 21.4. The third-order valence-corrected chi connectivity index (χ3v) is 5.35. The molecule has 1 aliphatic rings. The molecule has 192 valence electrons. The molecule has 34 heavy (non-hydrogen) atoms. The van der Waals surface area contributed by atoms with Crippen LogP contribution in [0.15, 0.2) is 4.99 Å². The van der Waals surface area contributed by atoms with Gasteiger partial charge in [0, 0.05) is 13.1 Å². The number of nitrogens with one attached hydrogen (secondary N) is 3. The summed E-state index contributed by atoms with van der Waals surface area (Å²) in [6.45, 7) is 4.95. The van der Waals surface area contributed by atoms with Crippen LogP contribution in [0.5, 0.6) is 0 Å². The molecule has 0 bridgehead atoms. The van der Waals surface area contributed by atoms with Crippen LogP contribution in [0.25, 0.3) is 0 Å². The van der Waals surface area contributed by atoms with E-state index >= 15 is 0 Å². The maximum absolute atomic E-state index is 13.3. The van der Waals surface area contributed by atoms with Gasteiger partial charge in [0.05, 0.1) is 6.04 Å². The van der Waals surface area contributed by atoms with Crippen molar-refractivity contribution in [3.05, 3.63) is 0 Å². The minimum Gasteiger partial charge on any atom is -0.370 e. The molecule has 0 aromatic heterocycles. The second-order valence-corrected chi connectivity index (χ2v) is 8.35. The van der Waals surface area contributed by atoms with E-state index < -0.39 is 59.7 Å². The fourth-order valence-corrected chi connectivity index (χ4v) is 3.35. The number of nitrogens with two attached hydrogens (primary N) is 4.